The molecule has 5 nitrogen and oxygen atoms in total. The zero-order valence-electron chi connectivity index (χ0n) is 9.17. The number of non-ortho nitro benzene ring substituents is 1. The maximum atomic E-state index is 10.6. The molecule has 6 heteroatoms. The maximum absolute atomic E-state index is 10.6. The van der Waals surface area contributed by atoms with Crippen molar-refractivity contribution in [2.75, 3.05) is 5.88 Å². The molecular weight excluding hydrogens is 242 g/mol. The van der Waals surface area contributed by atoms with Gasteiger partial charge in [0.25, 0.3) is 5.69 Å². The molecule has 0 aliphatic carbocycles. The second-order valence-corrected chi connectivity index (χ2v) is 4.14. The van der Waals surface area contributed by atoms with Crippen molar-refractivity contribution < 1.29 is 4.92 Å². The van der Waals surface area contributed by atoms with Crippen molar-refractivity contribution in [3.05, 3.63) is 34.6 Å². The molecule has 0 radical (unpaired) electrons. The standard InChI is InChI=1S/C11H12ClN3O2/c12-5-1-2-6-14-8-13-10-7-9(15(16)17)3-4-11(10)14/h3-4,7-8H,1-2,5-6H2. The molecule has 0 unspecified atom stereocenters. The van der Waals surface area contributed by atoms with Gasteiger partial charge in [-0.3, -0.25) is 10.1 Å². The van der Waals surface area contributed by atoms with Crippen LogP contribution in [0.5, 0.6) is 0 Å². The Morgan fingerprint density at radius 1 is 1.41 bits per heavy atom. The molecule has 2 rings (SSSR count). The van der Waals surface area contributed by atoms with Gasteiger partial charge in [0.2, 0.25) is 0 Å². The molecule has 0 bridgehead atoms. The van der Waals surface area contributed by atoms with Gasteiger partial charge in [-0.05, 0) is 18.9 Å². The number of rotatable bonds is 5. The lowest BCUT2D eigenvalue weighted by Gasteiger charge is -2.02. The molecule has 0 aliphatic rings. The highest BCUT2D eigenvalue weighted by Crippen LogP contribution is 2.20. The third-order valence-electron chi connectivity index (χ3n) is 2.60. The molecule has 1 heterocycles. The summed E-state index contributed by atoms with van der Waals surface area (Å²) < 4.78 is 1.99. The van der Waals surface area contributed by atoms with Gasteiger partial charge in [0.05, 0.1) is 22.3 Å². The summed E-state index contributed by atoms with van der Waals surface area (Å²) in [6.45, 7) is 0.834. The molecule has 0 fully saturated rings. The molecule has 2 aromatic rings. The third-order valence-corrected chi connectivity index (χ3v) is 2.87. The van der Waals surface area contributed by atoms with E-state index in [0.29, 0.717) is 11.4 Å². The van der Waals surface area contributed by atoms with E-state index in [9.17, 15) is 10.1 Å². The Balaban J connectivity index is 2.25. The van der Waals surface area contributed by atoms with E-state index in [2.05, 4.69) is 4.98 Å². The summed E-state index contributed by atoms with van der Waals surface area (Å²) in [7, 11) is 0. The van der Waals surface area contributed by atoms with E-state index in [0.717, 1.165) is 24.9 Å². The lowest BCUT2D eigenvalue weighted by Crippen LogP contribution is -1.96. The Kier molecular flexibility index (Phi) is 3.58. The number of aromatic nitrogens is 2. The molecule has 0 atom stereocenters. The molecular formula is C11H12ClN3O2. The number of aryl methyl sites for hydroxylation is 1. The van der Waals surface area contributed by atoms with E-state index < -0.39 is 4.92 Å². The first-order chi connectivity index (χ1) is 8.22. The van der Waals surface area contributed by atoms with Gasteiger partial charge in [-0.2, -0.15) is 0 Å². The Morgan fingerprint density at radius 3 is 2.94 bits per heavy atom. The number of hydrogen-bond donors (Lipinski definition) is 0. The summed E-state index contributed by atoms with van der Waals surface area (Å²) in [6.07, 6.45) is 3.64. The van der Waals surface area contributed by atoms with Crippen LogP contribution < -0.4 is 0 Å². The van der Waals surface area contributed by atoms with Gasteiger partial charge in [0, 0.05) is 24.6 Å². The van der Waals surface area contributed by atoms with Crippen LogP contribution in [-0.2, 0) is 6.54 Å². The summed E-state index contributed by atoms with van der Waals surface area (Å²) >= 11 is 5.62. The van der Waals surface area contributed by atoms with E-state index >= 15 is 0 Å². The second-order valence-electron chi connectivity index (χ2n) is 3.76. The van der Waals surface area contributed by atoms with E-state index in [-0.39, 0.29) is 5.69 Å². The highest BCUT2D eigenvalue weighted by Gasteiger charge is 2.09. The van der Waals surface area contributed by atoms with Gasteiger partial charge < -0.3 is 4.57 Å². The molecule has 0 amide bonds. The van der Waals surface area contributed by atoms with Crippen LogP contribution in [0, 0.1) is 10.1 Å². The smallest absolute Gasteiger partial charge is 0.271 e. The van der Waals surface area contributed by atoms with Crippen LogP contribution in [0.4, 0.5) is 5.69 Å². The molecule has 1 aromatic carbocycles. The zero-order chi connectivity index (χ0) is 12.3. The number of hydrogen-bond acceptors (Lipinski definition) is 3. The minimum atomic E-state index is -0.411. The lowest BCUT2D eigenvalue weighted by atomic mass is 10.2. The lowest BCUT2D eigenvalue weighted by molar-refractivity contribution is -0.384. The first-order valence-corrected chi connectivity index (χ1v) is 5.91. The summed E-state index contributed by atoms with van der Waals surface area (Å²) in [6, 6.07) is 4.73. The van der Waals surface area contributed by atoms with E-state index in [1.165, 1.54) is 12.1 Å². The second kappa shape index (κ2) is 5.14. The molecule has 0 N–H and O–H groups in total. The van der Waals surface area contributed by atoms with Gasteiger partial charge in [0.1, 0.15) is 0 Å². The first-order valence-electron chi connectivity index (χ1n) is 5.37. The van der Waals surface area contributed by atoms with Gasteiger partial charge >= 0.3 is 0 Å². The number of fused-ring (bicyclic) bond motifs is 1. The third kappa shape index (κ3) is 2.55. The Labute approximate surface area is 103 Å². The van der Waals surface area contributed by atoms with Crippen molar-refractivity contribution in [2.45, 2.75) is 19.4 Å². The monoisotopic (exact) mass is 253 g/mol. The molecule has 0 spiro atoms. The predicted molar refractivity (Wildman–Crippen MR) is 66.3 cm³/mol. The number of nitrogens with zero attached hydrogens (tertiary/aromatic N) is 3. The number of unbranched alkanes of at least 4 members (excludes halogenated alkanes) is 1. The number of benzene rings is 1. The van der Waals surface area contributed by atoms with Crippen LogP contribution in [0.1, 0.15) is 12.8 Å². The Bertz CT molecular complexity index is 538. The van der Waals surface area contributed by atoms with E-state index in [4.69, 9.17) is 11.6 Å². The summed E-state index contributed by atoms with van der Waals surface area (Å²) in [5.41, 5.74) is 1.65. The van der Waals surface area contributed by atoms with E-state index in [1.807, 2.05) is 4.57 Å². The maximum Gasteiger partial charge on any atom is 0.271 e. The molecule has 0 aliphatic heterocycles. The topological polar surface area (TPSA) is 61.0 Å². The fourth-order valence-electron chi connectivity index (χ4n) is 1.72. The average Bonchev–Trinajstić information content (AvgIpc) is 2.72. The normalized spacial score (nSPS) is 10.9. The largest absolute Gasteiger partial charge is 0.331 e. The van der Waals surface area contributed by atoms with Gasteiger partial charge in [0.15, 0.2) is 0 Å². The minimum Gasteiger partial charge on any atom is -0.331 e. The fourth-order valence-corrected chi connectivity index (χ4v) is 1.91. The van der Waals surface area contributed by atoms with Crippen LogP contribution in [0.25, 0.3) is 11.0 Å². The summed E-state index contributed by atoms with van der Waals surface area (Å²) in [4.78, 5) is 14.4. The van der Waals surface area contributed by atoms with Crippen molar-refractivity contribution in [2.24, 2.45) is 0 Å². The zero-order valence-corrected chi connectivity index (χ0v) is 9.93. The van der Waals surface area contributed by atoms with Crippen LogP contribution in [0.2, 0.25) is 0 Å². The highest BCUT2D eigenvalue weighted by molar-refractivity contribution is 6.17. The Morgan fingerprint density at radius 2 is 2.24 bits per heavy atom. The van der Waals surface area contributed by atoms with Crippen molar-refractivity contribution >= 4 is 28.3 Å². The van der Waals surface area contributed by atoms with Gasteiger partial charge in [-0.1, -0.05) is 0 Å². The minimum absolute atomic E-state index is 0.0727. The van der Waals surface area contributed by atoms with Crippen molar-refractivity contribution in [1.29, 1.82) is 0 Å². The number of alkyl halides is 1. The van der Waals surface area contributed by atoms with Crippen LogP contribution in [-0.4, -0.2) is 20.4 Å². The average molecular weight is 254 g/mol. The predicted octanol–water partition coefficient (Wildman–Crippen LogP) is 2.96. The fraction of sp³-hybridized carbons (Fsp3) is 0.364. The number of halogens is 1. The Hall–Kier alpha value is -1.62. The van der Waals surface area contributed by atoms with Crippen LogP contribution >= 0.6 is 11.6 Å². The van der Waals surface area contributed by atoms with Crippen molar-refractivity contribution in [3.63, 3.8) is 0 Å². The molecule has 90 valence electrons. The molecule has 17 heavy (non-hydrogen) atoms. The number of nitro groups is 1. The van der Waals surface area contributed by atoms with Crippen LogP contribution in [0.3, 0.4) is 0 Å². The SMILES string of the molecule is O=[N+]([O-])c1ccc2c(c1)ncn2CCCCCl. The first kappa shape index (κ1) is 11.9. The molecule has 0 saturated carbocycles. The van der Waals surface area contributed by atoms with Crippen LogP contribution in [0.15, 0.2) is 24.5 Å². The number of nitro benzene ring substituents is 1. The number of imidazole rings is 1. The van der Waals surface area contributed by atoms with Crippen molar-refractivity contribution in [1.82, 2.24) is 9.55 Å². The molecule has 1 aromatic heterocycles. The summed E-state index contributed by atoms with van der Waals surface area (Å²) in [5.74, 6) is 0.651. The van der Waals surface area contributed by atoms with E-state index in [1.54, 1.807) is 12.4 Å². The summed E-state index contributed by atoms with van der Waals surface area (Å²) in [5, 5.41) is 10.6. The van der Waals surface area contributed by atoms with Gasteiger partial charge in [-0.25, -0.2) is 4.98 Å². The quantitative estimate of drug-likeness (QED) is 0.356. The van der Waals surface area contributed by atoms with Gasteiger partial charge in [-0.15, -0.1) is 11.6 Å². The van der Waals surface area contributed by atoms with Crippen molar-refractivity contribution in [3.8, 4) is 0 Å². The molecule has 0 saturated heterocycles. The highest BCUT2D eigenvalue weighted by atomic mass is 35.5.